The van der Waals surface area contributed by atoms with E-state index in [1.165, 1.54) is 5.57 Å². The predicted octanol–water partition coefficient (Wildman–Crippen LogP) is 5.15. The number of allylic oxidation sites excluding steroid dienone is 4. The summed E-state index contributed by atoms with van der Waals surface area (Å²) in [7, 11) is -3.88. The van der Waals surface area contributed by atoms with Gasteiger partial charge in [-0.1, -0.05) is 63.6 Å². The lowest BCUT2D eigenvalue weighted by Crippen LogP contribution is -2.59. The summed E-state index contributed by atoms with van der Waals surface area (Å²) in [5.41, 5.74) is 0.351. The van der Waals surface area contributed by atoms with Crippen LogP contribution in [-0.2, 0) is 38.0 Å². The second kappa shape index (κ2) is 12.8. The molecule has 1 aliphatic carbocycles. The Morgan fingerprint density at radius 1 is 1.14 bits per heavy atom. The molecule has 4 aliphatic heterocycles. The van der Waals surface area contributed by atoms with Crippen LogP contribution in [0.5, 0.6) is 0 Å². The highest BCUT2D eigenvalue weighted by atomic mass is 32.2. The Kier molecular flexibility index (Phi) is 9.73. The van der Waals surface area contributed by atoms with Crippen molar-refractivity contribution in [1.82, 2.24) is 0 Å². The smallest absolute Gasteiger partial charge is 0.316 e. The molecular weight excluding hydrogens is 584 g/mol. The van der Waals surface area contributed by atoms with Gasteiger partial charge in [0.05, 0.1) is 25.1 Å². The van der Waals surface area contributed by atoms with E-state index in [0.29, 0.717) is 48.7 Å². The highest BCUT2D eigenvalue weighted by Gasteiger charge is 2.61. The summed E-state index contributed by atoms with van der Waals surface area (Å²) < 4.78 is 55.5. The van der Waals surface area contributed by atoms with Crippen LogP contribution in [0.2, 0.25) is 0 Å². The molecule has 5 rings (SSSR count). The lowest BCUT2D eigenvalue weighted by molar-refractivity contribution is -0.340. The van der Waals surface area contributed by atoms with Gasteiger partial charge in [-0.3, -0.25) is 8.98 Å². The van der Waals surface area contributed by atoms with Crippen LogP contribution in [0.1, 0.15) is 80.1 Å². The van der Waals surface area contributed by atoms with Crippen molar-refractivity contribution in [2.45, 2.75) is 122 Å². The SMILES string of the molecule is CC1=C[C@H]2C(=O)O[C@H]3C[C@@H](C/C=C(\C)C[C@@H](C)/C=C/C=C4\CO[C@H]([C@H]1OS(C)(=O)=O)[C@@]42O)O[C@@]1(CC[C@H](C)[C@@H](C(C)C)O1)C3. The molecule has 0 unspecified atom stereocenters. The van der Waals surface area contributed by atoms with Crippen LogP contribution in [0.25, 0.3) is 0 Å². The number of aliphatic hydroxyl groups is 1. The average molecular weight is 635 g/mol. The third kappa shape index (κ3) is 6.95. The third-order valence-corrected chi connectivity index (χ3v) is 10.5. The second-order valence-electron chi connectivity index (χ2n) is 14.2. The Morgan fingerprint density at radius 2 is 1.89 bits per heavy atom. The summed E-state index contributed by atoms with van der Waals surface area (Å²) in [5, 5.41) is 12.4. The van der Waals surface area contributed by atoms with E-state index in [-0.39, 0.29) is 24.7 Å². The number of hydrogen-bond donors (Lipinski definition) is 1. The quantitative estimate of drug-likeness (QED) is 0.255. The molecule has 0 aromatic heterocycles. The van der Waals surface area contributed by atoms with Gasteiger partial charge >= 0.3 is 5.97 Å². The first-order valence-corrected chi connectivity index (χ1v) is 17.9. The van der Waals surface area contributed by atoms with E-state index in [4.69, 9.17) is 23.1 Å². The Bertz CT molecular complexity index is 1330. The molecule has 3 saturated heterocycles. The van der Waals surface area contributed by atoms with Gasteiger partial charge in [0.1, 0.15) is 29.8 Å². The predicted molar refractivity (Wildman–Crippen MR) is 166 cm³/mol. The zero-order valence-electron chi connectivity index (χ0n) is 27.2. The molecule has 0 aromatic carbocycles. The average Bonchev–Trinajstić information content (AvgIpc) is 3.26. The fourth-order valence-corrected chi connectivity index (χ4v) is 8.41. The lowest BCUT2D eigenvalue weighted by atomic mass is 9.71. The van der Waals surface area contributed by atoms with Crippen molar-refractivity contribution in [2.24, 2.45) is 23.7 Å². The Balaban J connectivity index is 1.54. The third-order valence-electron chi connectivity index (χ3n) is 9.91. The van der Waals surface area contributed by atoms with Crippen LogP contribution in [0.15, 0.2) is 47.1 Å². The van der Waals surface area contributed by atoms with E-state index in [1.54, 1.807) is 19.1 Å². The van der Waals surface area contributed by atoms with E-state index in [9.17, 15) is 18.3 Å². The molecule has 1 N–H and O–H groups in total. The minimum atomic E-state index is -3.88. The van der Waals surface area contributed by atoms with Crippen molar-refractivity contribution >= 4 is 16.1 Å². The standard InChI is InChI=1S/C34H50O9S/c1-20(2)29-23(5)13-14-33(42-29)18-27-17-26(41-33)12-11-22(4)15-21(3)9-8-10-25-19-39-31-30(43-44(7,37)38)24(6)16-28(32(35)40-27)34(25,31)36/h8-11,16,20-21,23,26-31,36H,12-15,17-19H2,1-7H3/b9-8+,22-11+,25-10+/t21-,23-,26+,27-,28-,29+,30-,31+,33+,34+/m0/s1. The molecule has 2 bridgehead atoms. The van der Waals surface area contributed by atoms with Crippen LogP contribution >= 0.6 is 0 Å². The van der Waals surface area contributed by atoms with Crippen molar-refractivity contribution in [3.63, 3.8) is 0 Å². The molecule has 4 heterocycles. The highest BCUT2D eigenvalue weighted by molar-refractivity contribution is 7.86. The summed E-state index contributed by atoms with van der Waals surface area (Å²) in [4.78, 5) is 14.1. The van der Waals surface area contributed by atoms with E-state index in [0.717, 1.165) is 19.1 Å². The van der Waals surface area contributed by atoms with Crippen LogP contribution in [-0.4, -0.2) is 74.3 Å². The minimum absolute atomic E-state index is 0.0262. The van der Waals surface area contributed by atoms with Gasteiger partial charge in [0.25, 0.3) is 10.1 Å². The second-order valence-corrected chi connectivity index (χ2v) is 15.8. The van der Waals surface area contributed by atoms with Crippen molar-refractivity contribution in [1.29, 1.82) is 0 Å². The first-order chi connectivity index (χ1) is 20.6. The maximum absolute atomic E-state index is 14.1. The van der Waals surface area contributed by atoms with Crippen LogP contribution < -0.4 is 0 Å². The van der Waals surface area contributed by atoms with Gasteiger partial charge in [-0.2, -0.15) is 8.42 Å². The first kappa shape index (κ1) is 33.5. The van der Waals surface area contributed by atoms with E-state index in [1.807, 2.05) is 6.08 Å². The molecule has 246 valence electrons. The Hall–Kier alpha value is -1.82. The van der Waals surface area contributed by atoms with Gasteiger partial charge < -0.3 is 24.1 Å². The maximum Gasteiger partial charge on any atom is 0.316 e. The number of hydrogen-bond acceptors (Lipinski definition) is 9. The molecule has 10 heteroatoms. The molecule has 0 amide bonds. The molecular formula is C34H50O9S. The number of esters is 1. The van der Waals surface area contributed by atoms with Gasteiger partial charge in [-0.15, -0.1) is 0 Å². The first-order valence-electron chi connectivity index (χ1n) is 16.1. The molecule has 1 spiro atoms. The van der Waals surface area contributed by atoms with Crippen LogP contribution in [0.3, 0.4) is 0 Å². The number of rotatable bonds is 3. The fraction of sp³-hybridized carbons (Fsp3) is 0.735. The molecule has 10 atom stereocenters. The van der Waals surface area contributed by atoms with E-state index in [2.05, 4.69) is 46.8 Å². The maximum atomic E-state index is 14.1. The largest absolute Gasteiger partial charge is 0.462 e. The summed E-state index contributed by atoms with van der Waals surface area (Å²) >= 11 is 0. The molecule has 0 radical (unpaired) electrons. The molecule has 44 heavy (non-hydrogen) atoms. The Labute approximate surface area is 262 Å². The minimum Gasteiger partial charge on any atom is -0.462 e. The summed E-state index contributed by atoms with van der Waals surface area (Å²) in [6.07, 6.45) is 11.8. The van der Waals surface area contributed by atoms with Crippen molar-refractivity contribution in [3.05, 3.63) is 47.1 Å². The fourth-order valence-electron chi connectivity index (χ4n) is 7.78. The zero-order chi connectivity index (χ0) is 32.0. The van der Waals surface area contributed by atoms with Gasteiger partial charge in [-0.25, -0.2) is 0 Å². The topological polar surface area (TPSA) is 118 Å². The summed E-state index contributed by atoms with van der Waals surface area (Å²) in [6.45, 7) is 12.5. The van der Waals surface area contributed by atoms with Gasteiger partial charge in [0, 0.05) is 19.3 Å². The van der Waals surface area contributed by atoms with Gasteiger partial charge in [0.2, 0.25) is 0 Å². The van der Waals surface area contributed by atoms with Gasteiger partial charge in [-0.05, 0) is 62.0 Å². The normalized spacial score (nSPS) is 45.0. The van der Waals surface area contributed by atoms with E-state index < -0.39 is 51.7 Å². The number of ether oxygens (including phenoxy) is 4. The van der Waals surface area contributed by atoms with Crippen LogP contribution in [0, 0.1) is 23.7 Å². The summed E-state index contributed by atoms with van der Waals surface area (Å²) in [6, 6.07) is 0. The Morgan fingerprint density at radius 3 is 2.59 bits per heavy atom. The molecule has 0 aromatic rings. The number of carbonyl (C=O) groups is 1. The molecule has 0 saturated carbocycles. The van der Waals surface area contributed by atoms with Crippen LogP contribution in [0.4, 0.5) is 0 Å². The lowest BCUT2D eigenvalue weighted by Gasteiger charge is -2.50. The highest BCUT2D eigenvalue weighted by Crippen LogP contribution is 2.48. The van der Waals surface area contributed by atoms with Crippen molar-refractivity contribution in [2.75, 3.05) is 12.9 Å². The zero-order valence-corrected chi connectivity index (χ0v) is 28.0. The van der Waals surface area contributed by atoms with Crippen molar-refractivity contribution < 1.29 is 41.4 Å². The molecule has 3 fully saturated rings. The molecule has 9 nitrogen and oxygen atoms in total. The number of fused-ring (bicyclic) bond motifs is 2. The van der Waals surface area contributed by atoms with Crippen molar-refractivity contribution in [3.8, 4) is 0 Å². The monoisotopic (exact) mass is 634 g/mol. The van der Waals surface area contributed by atoms with E-state index >= 15 is 0 Å². The molecule has 5 aliphatic rings. The van der Waals surface area contributed by atoms with Gasteiger partial charge in [0.15, 0.2) is 5.79 Å². The number of carbonyl (C=O) groups excluding carboxylic acids is 1. The summed E-state index contributed by atoms with van der Waals surface area (Å²) in [5.74, 6) is -1.64.